The lowest BCUT2D eigenvalue weighted by Crippen LogP contribution is -2.35. The number of nitriles is 1. The number of fused-ring (bicyclic) bond motifs is 1. The molecule has 2 heterocycles. The quantitative estimate of drug-likeness (QED) is 0.845. The maximum Gasteiger partial charge on any atom is 0.243 e. The van der Waals surface area contributed by atoms with Gasteiger partial charge in [0.2, 0.25) is 10.0 Å². The van der Waals surface area contributed by atoms with Crippen molar-refractivity contribution < 1.29 is 8.42 Å². The molecule has 3 rings (SSSR count). The average Bonchev–Trinajstić information content (AvgIpc) is 2.94. The minimum Gasteiger partial charge on any atom is -0.207 e. The summed E-state index contributed by atoms with van der Waals surface area (Å²) < 4.78 is 26.8. The summed E-state index contributed by atoms with van der Waals surface area (Å²) in [5.41, 5.74) is 1.34. The molecule has 0 spiro atoms. The molecule has 0 bridgehead atoms. The Morgan fingerprint density at radius 3 is 2.86 bits per heavy atom. The summed E-state index contributed by atoms with van der Waals surface area (Å²) in [4.78, 5) is 1.38. The van der Waals surface area contributed by atoms with Gasteiger partial charge in [0, 0.05) is 18.0 Å². The molecule has 0 saturated heterocycles. The SMILES string of the molecule is N#Cc1ccc(S(=O)(=O)N2CCc3sccc3C2)cc1Cl. The predicted molar refractivity (Wildman–Crippen MR) is 81.8 cm³/mol. The zero-order valence-corrected chi connectivity index (χ0v) is 13.3. The van der Waals surface area contributed by atoms with E-state index in [9.17, 15) is 8.42 Å². The van der Waals surface area contributed by atoms with Crippen molar-refractivity contribution in [1.82, 2.24) is 4.31 Å². The van der Waals surface area contributed by atoms with Gasteiger partial charge in [0.1, 0.15) is 6.07 Å². The molecular weight excluding hydrogens is 328 g/mol. The molecule has 0 aliphatic carbocycles. The van der Waals surface area contributed by atoms with Crippen LogP contribution in [0.4, 0.5) is 0 Å². The Morgan fingerprint density at radius 2 is 2.14 bits per heavy atom. The molecule has 0 fully saturated rings. The summed E-state index contributed by atoms with van der Waals surface area (Å²) in [7, 11) is -3.59. The molecule has 0 unspecified atom stereocenters. The standard InChI is InChI=1S/C14H11ClN2O2S2/c15-13-7-12(2-1-10(13)8-16)21(18,19)17-5-3-14-11(9-17)4-6-20-14/h1-2,4,6-7H,3,5,9H2. The van der Waals surface area contributed by atoms with Gasteiger partial charge in [-0.1, -0.05) is 11.6 Å². The molecule has 108 valence electrons. The minimum atomic E-state index is -3.59. The van der Waals surface area contributed by atoms with E-state index in [4.69, 9.17) is 16.9 Å². The number of thiophene rings is 1. The van der Waals surface area contributed by atoms with Crippen molar-refractivity contribution in [1.29, 1.82) is 5.26 Å². The smallest absolute Gasteiger partial charge is 0.207 e. The van der Waals surface area contributed by atoms with Gasteiger partial charge in [0.25, 0.3) is 0 Å². The van der Waals surface area contributed by atoms with Crippen molar-refractivity contribution in [2.24, 2.45) is 0 Å². The number of benzene rings is 1. The largest absolute Gasteiger partial charge is 0.243 e. The molecule has 21 heavy (non-hydrogen) atoms. The van der Waals surface area contributed by atoms with Crippen LogP contribution in [-0.4, -0.2) is 19.3 Å². The fourth-order valence-corrected chi connectivity index (χ4v) is 4.95. The van der Waals surface area contributed by atoms with Crippen molar-refractivity contribution >= 4 is 33.0 Å². The third kappa shape index (κ3) is 2.58. The van der Waals surface area contributed by atoms with Crippen molar-refractivity contribution in [2.45, 2.75) is 17.9 Å². The third-order valence-electron chi connectivity index (χ3n) is 3.47. The molecule has 0 amide bonds. The molecule has 1 aliphatic heterocycles. The first-order valence-corrected chi connectivity index (χ1v) is 8.97. The van der Waals surface area contributed by atoms with Crippen molar-refractivity contribution in [3.8, 4) is 6.07 Å². The lowest BCUT2D eigenvalue weighted by molar-refractivity contribution is 0.394. The van der Waals surface area contributed by atoms with E-state index in [1.54, 1.807) is 11.3 Å². The average molecular weight is 339 g/mol. The maximum absolute atomic E-state index is 12.7. The molecule has 2 aromatic rings. The maximum atomic E-state index is 12.7. The van der Waals surface area contributed by atoms with Gasteiger partial charge in [0.05, 0.1) is 15.5 Å². The van der Waals surface area contributed by atoms with Crippen LogP contribution in [0.1, 0.15) is 16.0 Å². The molecule has 0 saturated carbocycles. The molecule has 7 heteroatoms. The molecule has 1 aromatic carbocycles. The van der Waals surface area contributed by atoms with Gasteiger partial charge in [-0.15, -0.1) is 11.3 Å². The van der Waals surface area contributed by atoms with Crippen molar-refractivity contribution in [3.63, 3.8) is 0 Å². The number of sulfonamides is 1. The van der Waals surface area contributed by atoms with Gasteiger partial charge in [-0.3, -0.25) is 0 Å². The molecule has 4 nitrogen and oxygen atoms in total. The van der Waals surface area contributed by atoms with Gasteiger partial charge < -0.3 is 0 Å². The predicted octanol–water partition coefficient (Wildman–Crippen LogP) is 3.02. The first kappa shape index (κ1) is 14.5. The second-order valence-corrected chi connectivity index (χ2v) is 8.06. The zero-order valence-electron chi connectivity index (χ0n) is 10.9. The highest BCUT2D eigenvalue weighted by atomic mass is 35.5. The Bertz CT molecular complexity index is 837. The van der Waals surface area contributed by atoms with E-state index in [-0.39, 0.29) is 15.5 Å². The lowest BCUT2D eigenvalue weighted by atomic mass is 10.1. The van der Waals surface area contributed by atoms with Crippen LogP contribution in [0.25, 0.3) is 0 Å². The molecule has 0 atom stereocenters. The molecule has 1 aliphatic rings. The van der Waals surface area contributed by atoms with E-state index in [0.717, 1.165) is 12.0 Å². The van der Waals surface area contributed by atoms with Gasteiger partial charge in [-0.25, -0.2) is 8.42 Å². The van der Waals surface area contributed by atoms with Crippen LogP contribution in [0.5, 0.6) is 0 Å². The Labute approximate surface area is 132 Å². The number of halogens is 1. The van der Waals surface area contributed by atoms with Gasteiger partial charge in [-0.2, -0.15) is 9.57 Å². The normalized spacial score (nSPS) is 15.4. The topological polar surface area (TPSA) is 61.2 Å². The molecule has 0 radical (unpaired) electrons. The van der Waals surface area contributed by atoms with Crippen molar-refractivity contribution in [3.05, 3.63) is 50.7 Å². The number of hydrogen-bond acceptors (Lipinski definition) is 4. The van der Waals surface area contributed by atoms with Crippen molar-refractivity contribution in [2.75, 3.05) is 6.54 Å². The fraction of sp³-hybridized carbons (Fsp3) is 0.214. The summed E-state index contributed by atoms with van der Waals surface area (Å²) in [5.74, 6) is 0. The lowest BCUT2D eigenvalue weighted by Gasteiger charge is -2.26. The Kier molecular flexibility index (Phi) is 3.76. The number of hydrogen-bond donors (Lipinski definition) is 0. The minimum absolute atomic E-state index is 0.130. The van der Waals surface area contributed by atoms with Crippen LogP contribution >= 0.6 is 22.9 Å². The van der Waals surface area contributed by atoms with Crippen LogP contribution < -0.4 is 0 Å². The van der Waals surface area contributed by atoms with Crippen LogP contribution in [0, 0.1) is 11.3 Å². The molecular formula is C14H11ClN2O2S2. The first-order valence-electron chi connectivity index (χ1n) is 6.27. The Balaban J connectivity index is 1.95. The second kappa shape index (κ2) is 5.43. The Hall–Kier alpha value is -1.39. The monoisotopic (exact) mass is 338 g/mol. The zero-order chi connectivity index (χ0) is 15.0. The van der Waals surface area contributed by atoms with E-state index in [1.165, 1.54) is 27.4 Å². The van der Waals surface area contributed by atoms with E-state index in [0.29, 0.717) is 13.1 Å². The van der Waals surface area contributed by atoms with Crippen LogP contribution in [0.15, 0.2) is 34.5 Å². The van der Waals surface area contributed by atoms with Gasteiger partial charge >= 0.3 is 0 Å². The van der Waals surface area contributed by atoms with E-state index in [1.807, 2.05) is 17.5 Å². The molecule has 1 aromatic heterocycles. The summed E-state index contributed by atoms with van der Waals surface area (Å²) >= 11 is 7.60. The second-order valence-electron chi connectivity index (χ2n) is 4.71. The van der Waals surface area contributed by atoms with Crippen LogP contribution in [-0.2, 0) is 23.0 Å². The van der Waals surface area contributed by atoms with Gasteiger partial charge in [-0.05, 0) is 41.6 Å². The van der Waals surface area contributed by atoms with E-state index in [2.05, 4.69) is 0 Å². The van der Waals surface area contributed by atoms with Crippen LogP contribution in [0.2, 0.25) is 5.02 Å². The highest BCUT2D eigenvalue weighted by molar-refractivity contribution is 7.89. The third-order valence-corrected chi connectivity index (χ3v) is 6.65. The highest BCUT2D eigenvalue weighted by Crippen LogP contribution is 2.29. The first-order chi connectivity index (χ1) is 10.0. The number of nitrogens with zero attached hydrogens (tertiary/aromatic N) is 2. The molecule has 0 N–H and O–H groups in total. The van der Waals surface area contributed by atoms with Crippen LogP contribution in [0.3, 0.4) is 0 Å². The van der Waals surface area contributed by atoms with Gasteiger partial charge in [0.15, 0.2) is 0 Å². The van der Waals surface area contributed by atoms with E-state index >= 15 is 0 Å². The van der Waals surface area contributed by atoms with E-state index < -0.39 is 10.0 Å². The summed E-state index contributed by atoms with van der Waals surface area (Å²) in [6, 6.07) is 8.11. The fourth-order valence-electron chi connectivity index (χ4n) is 2.32. The Morgan fingerprint density at radius 1 is 1.33 bits per heavy atom. The summed E-state index contributed by atoms with van der Waals surface area (Å²) in [5, 5.41) is 11.0. The summed E-state index contributed by atoms with van der Waals surface area (Å²) in [6.45, 7) is 0.853. The highest BCUT2D eigenvalue weighted by Gasteiger charge is 2.29. The summed E-state index contributed by atoms with van der Waals surface area (Å²) in [6.07, 6.45) is 0.732. The number of rotatable bonds is 2.